The Balaban J connectivity index is 1.46. The minimum atomic E-state index is -0.106. The van der Waals surface area contributed by atoms with E-state index in [4.69, 9.17) is 11.6 Å². The summed E-state index contributed by atoms with van der Waals surface area (Å²) in [5.41, 5.74) is 1.22. The first-order valence-corrected chi connectivity index (χ1v) is 10.9. The van der Waals surface area contributed by atoms with Crippen molar-refractivity contribution in [1.82, 2.24) is 10.2 Å². The molecule has 1 atom stereocenters. The van der Waals surface area contributed by atoms with E-state index in [-0.39, 0.29) is 29.3 Å². The van der Waals surface area contributed by atoms with Gasteiger partial charge in [-0.1, -0.05) is 30.3 Å². The molecular formula is C22H29ClN2O2. The Hall–Kier alpha value is -1.55. The van der Waals surface area contributed by atoms with E-state index in [9.17, 15) is 9.59 Å². The van der Waals surface area contributed by atoms with E-state index in [1.54, 1.807) is 0 Å². The maximum atomic E-state index is 13.6. The molecule has 146 valence electrons. The van der Waals surface area contributed by atoms with Gasteiger partial charge in [-0.05, 0) is 62.8 Å². The molecule has 27 heavy (non-hydrogen) atoms. The summed E-state index contributed by atoms with van der Waals surface area (Å²) < 4.78 is 0. The first kappa shape index (κ1) is 18.8. The molecule has 1 heterocycles. The summed E-state index contributed by atoms with van der Waals surface area (Å²) in [5, 5.41) is 2.99. The molecule has 1 N–H and O–H groups in total. The normalized spacial score (nSPS) is 28.5. The Bertz CT molecular complexity index is 683. The van der Waals surface area contributed by atoms with E-state index in [2.05, 4.69) is 34.5 Å². The van der Waals surface area contributed by atoms with Gasteiger partial charge in [0.15, 0.2) is 0 Å². The second-order valence-electron chi connectivity index (χ2n) is 8.61. The molecule has 0 radical (unpaired) electrons. The lowest BCUT2D eigenvalue weighted by Crippen LogP contribution is -2.67. The van der Waals surface area contributed by atoms with Crippen molar-refractivity contribution in [2.75, 3.05) is 12.4 Å². The van der Waals surface area contributed by atoms with Crippen molar-refractivity contribution in [2.24, 2.45) is 11.8 Å². The number of benzene rings is 1. The van der Waals surface area contributed by atoms with Gasteiger partial charge in [-0.3, -0.25) is 9.59 Å². The molecule has 1 aromatic carbocycles. The molecule has 1 spiro atoms. The summed E-state index contributed by atoms with van der Waals surface area (Å²) in [6, 6.07) is 10.6. The molecule has 5 heteroatoms. The molecule has 1 unspecified atom stereocenters. The van der Waals surface area contributed by atoms with Crippen LogP contribution < -0.4 is 5.32 Å². The van der Waals surface area contributed by atoms with Gasteiger partial charge in [0, 0.05) is 24.0 Å². The summed E-state index contributed by atoms with van der Waals surface area (Å²) in [4.78, 5) is 27.4. The van der Waals surface area contributed by atoms with Crippen molar-refractivity contribution in [1.29, 1.82) is 0 Å². The molecule has 1 aromatic rings. The highest BCUT2D eigenvalue weighted by molar-refractivity contribution is 6.27. The van der Waals surface area contributed by atoms with Crippen LogP contribution >= 0.6 is 11.6 Å². The third kappa shape index (κ3) is 4.01. The van der Waals surface area contributed by atoms with Crippen LogP contribution in [-0.2, 0) is 16.0 Å². The van der Waals surface area contributed by atoms with Gasteiger partial charge < -0.3 is 10.2 Å². The zero-order valence-electron chi connectivity index (χ0n) is 15.8. The molecule has 1 saturated heterocycles. The first-order valence-electron chi connectivity index (χ1n) is 10.3. The van der Waals surface area contributed by atoms with Crippen LogP contribution in [0.25, 0.3) is 0 Å². The summed E-state index contributed by atoms with van der Waals surface area (Å²) >= 11 is 5.62. The number of piperidine rings is 1. The van der Waals surface area contributed by atoms with Crippen molar-refractivity contribution < 1.29 is 9.59 Å². The zero-order valence-corrected chi connectivity index (χ0v) is 16.6. The third-order valence-corrected chi connectivity index (χ3v) is 6.90. The highest BCUT2D eigenvalue weighted by Crippen LogP contribution is 2.47. The molecule has 2 amide bonds. The van der Waals surface area contributed by atoms with Crippen molar-refractivity contribution >= 4 is 23.4 Å². The SMILES string of the molecule is O=C(CCl)NC1CC2(CCCCN2C(=O)C(Cc2ccccc2)C2CC2)C1. The third-order valence-electron chi connectivity index (χ3n) is 6.66. The van der Waals surface area contributed by atoms with Gasteiger partial charge in [0.05, 0.1) is 0 Å². The number of amides is 2. The smallest absolute Gasteiger partial charge is 0.235 e. The number of alkyl halides is 1. The Morgan fingerprint density at radius 2 is 1.93 bits per heavy atom. The van der Waals surface area contributed by atoms with Gasteiger partial charge >= 0.3 is 0 Å². The quantitative estimate of drug-likeness (QED) is 0.758. The van der Waals surface area contributed by atoms with Crippen LogP contribution in [0.15, 0.2) is 30.3 Å². The van der Waals surface area contributed by atoms with Gasteiger partial charge in [-0.25, -0.2) is 0 Å². The number of carbonyl (C=O) groups is 2. The van der Waals surface area contributed by atoms with Crippen LogP contribution in [0, 0.1) is 11.8 Å². The van der Waals surface area contributed by atoms with Crippen molar-refractivity contribution in [2.45, 2.75) is 62.9 Å². The van der Waals surface area contributed by atoms with Gasteiger partial charge in [0.2, 0.25) is 11.8 Å². The first-order chi connectivity index (χ1) is 13.1. The van der Waals surface area contributed by atoms with E-state index in [0.717, 1.165) is 38.6 Å². The lowest BCUT2D eigenvalue weighted by Gasteiger charge is -2.57. The molecule has 4 rings (SSSR count). The number of hydrogen-bond acceptors (Lipinski definition) is 2. The molecule has 1 aliphatic heterocycles. The van der Waals surface area contributed by atoms with Crippen LogP contribution in [0.4, 0.5) is 0 Å². The number of halogens is 1. The Kier molecular flexibility index (Phi) is 5.45. The fourth-order valence-electron chi connectivity index (χ4n) is 5.11. The van der Waals surface area contributed by atoms with Gasteiger partial charge in [-0.15, -0.1) is 11.6 Å². The number of rotatable bonds is 6. The highest BCUT2D eigenvalue weighted by atomic mass is 35.5. The van der Waals surface area contributed by atoms with Crippen molar-refractivity contribution in [3.8, 4) is 0 Å². The molecule has 2 aliphatic carbocycles. The maximum Gasteiger partial charge on any atom is 0.235 e. The number of nitrogens with zero attached hydrogens (tertiary/aromatic N) is 1. The van der Waals surface area contributed by atoms with Crippen LogP contribution in [0.1, 0.15) is 50.5 Å². The van der Waals surface area contributed by atoms with E-state index in [1.165, 1.54) is 24.8 Å². The predicted octanol–water partition coefficient (Wildman–Crippen LogP) is 3.52. The fourth-order valence-corrected chi connectivity index (χ4v) is 5.19. The van der Waals surface area contributed by atoms with Crippen LogP contribution in [0.5, 0.6) is 0 Å². The van der Waals surface area contributed by atoms with Crippen molar-refractivity contribution in [3.05, 3.63) is 35.9 Å². The predicted molar refractivity (Wildman–Crippen MR) is 107 cm³/mol. The number of nitrogens with one attached hydrogen (secondary N) is 1. The number of likely N-dealkylation sites (tertiary alicyclic amines) is 1. The van der Waals surface area contributed by atoms with E-state index in [0.29, 0.717) is 11.8 Å². The average Bonchev–Trinajstić information content (AvgIpc) is 3.50. The second-order valence-corrected chi connectivity index (χ2v) is 8.88. The molecule has 4 nitrogen and oxygen atoms in total. The maximum absolute atomic E-state index is 13.6. The monoisotopic (exact) mass is 388 g/mol. The second kappa shape index (κ2) is 7.83. The van der Waals surface area contributed by atoms with Crippen LogP contribution in [0.3, 0.4) is 0 Å². The standard InChI is InChI=1S/C22H29ClN2O2/c23-15-20(26)24-18-13-22(14-18)10-4-5-11-25(22)21(27)19(17-8-9-17)12-16-6-2-1-3-7-16/h1-3,6-7,17-19H,4-5,8-15H2,(H,24,26). The van der Waals surface area contributed by atoms with Crippen LogP contribution in [0.2, 0.25) is 0 Å². The van der Waals surface area contributed by atoms with Crippen molar-refractivity contribution in [3.63, 3.8) is 0 Å². The van der Waals surface area contributed by atoms with Gasteiger partial charge in [0.25, 0.3) is 0 Å². The van der Waals surface area contributed by atoms with E-state index < -0.39 is 0 Å². The zero-order chi connectivity index (χ0) is 18.9. The molecule has 3 fully saturated rings. The molecular weight excluding hydrogens is 360 g/mol. The molecule has 0 aromatic heterocycles. The Morgan fingerprint density at radius 3 is 2.59 bits per heavy atom. The van der Waals surface area contributed by atoms with Gasteiger partial charge in [0.1, 0.15) is 5.88 Å². The molecule has 0 bridgehead atoms. The summed E-state index contributed by atoms with van der Waals surface area (Å²) in [7, 11) is 0. The minimum Gasteiger partial charge on any atom is -0.352 e. The van der Waals surface area contributed by atoms with E-state index in [1.807, 2.05) is 6.07 Å². The Morgan fingerprint density at radius 1 is 1.19 bits per heavy atom. The minimum absolute atomic E-state index is 0.00692. The summed E-state index contributed by atoms with van der Waals surface area (Å²) in [6.07, 6.45) is 8.30. The summed E-state index contributed by atoms with van der Waals surface area (Å²) in [6.45, 7) is 0.868. The largest absolute Gasteiger partial charge is 0.352 e. The highest BCUT2D eigenvalue weighted by Gasteiger charge is 2.53. The van der Waals surface area contributed by atoms with Crippen LogP contribution in [-0.4, -0.2) is 40.7 Å². The van der Waals surface area contributed by atoms with Gasteiger partial charge in [-0.2, -0.15) is 0 Å². The molecule has 2 saturated carbocycles. The van der Waals surface area contributed by atoms with E-state index >= 15 is 0 Å². The lowest BCUT2D eigenvalue weighted by atomic mass is 9.66. The molecule has 3 aliphatic rings. The Labute approximate surface area is 166 Å². The topological polar surface area (TPSA) is 49.4 Å². The lowest BCUT2D eigenvalue weighted by molar-refractivity contribution is -0.152. The number of carbonyl (C=O) groups excluding carboxylic acids is 2. The summed E-state index contributed by atoms with van der Waals surface area (Å²) in [5.74, 6) is 0.906. The fraction of sp³-hybridized carbons (Fsp3) is 0.636. The number of hydrogen-bond donors (Lipinski definition) is 1. The average molecular weight is 389 g/mol.